The number of amides is 1. The molecule has 1 aromatic rings. The topological polar surface area (TPSA) is 38.3 Å². The summed E-state index contributed by atoms with van der Waals surface area (Å²) in [7, 11) is 1.42. The summed E-state index contributed by atoms with van der Waals surface area (Å²) in [6, 6.07) is 4.91. The number of carbonyl (C=O) groups excluding carboxylic acids is 1. The number of benzene rings is 1. The van der Waals surface area contributed by atoms with Gasteiger partial charge in [-0.25, -0.2) is 4.39 Å². The molecule has 1 saturated carbocycles. The van der Waals surface area contributed by atoms with Crippen LogP contribution >= 0.6 is 0 Å². The molecule has 0 aromatic heterocycles. The van der Waals surface area contributed by atoms with Gasteiger partial charge in [-0.15, -0.1) is 0 Å². The van der Waals surface area contributed by atoms with Crippen molar-refractivity contribution >= 4 is 5.91 Å². The predicted octanol–water partition coefficient (Wildman–Crippen LogP) is 2.68. The van der Waals surface area contributed by atoms with Crippen LogP contribution in [0.4, 0.5) is 4.39 Å². The first-order chi connectivity index (χ1) is 9.08. The first kappa shape index (κ1) is 13.8. The van der Waals surface area contributed by atoms with E-state index >= 15 is 0 Å². The van der Waals surface area contributed by atoms with Gasteiger partial charge in [0.1, 0.15) is 0 Å². The van der Waals surface area contributed by atoms with Crippen LogP contribution in [0.2, 0.25) is 0 Å². The van der Waals surface area contributed by atoms with Crippen LogP contribution in [0.3, 0.4) is 0 Å². The van der Waals surface area contributed by atoms with Crippen LogP contribution in [-0.2, 0) is 11.2 Å². The van der Waals surface area contributed by atoms with Gasteiger partial charge in [-0.3, -0.25) is 4.79 Å². The molecule has 19 heavy (non-hydrogen) atoms. The number of methoxy groups -OCH3 is 1. The Bertz CT molecular complexity index is 461. The molecule has 1 fully saturated rings. The molecule has 1 amide bonds. The fourth-order valence-corrected chi connectivity index (χ4v) is 2.62. The lowest BCUT2D eigenvalue weighted by Crippen LogP contribution is -2.34. The second kappa shape index (κ2) is 6.04. The lowest BCUT2D eigenvalue weighted by molar-refractivity contribution is -0.121. The zero-order chi connectivity index (χ0) is 13.8. The zero-order valence-corrected chi connectivity index (χ0v) is 11.4. The Labute approximate surface area is 113 Å². The van der Waals surface area contributed by atoms with Gasteiger partial charge in [0.15, 0.2) is 11.6 Å². The van der Waals surface area contributed by atoms with E-state index in [0.717, 1.165) is 12.8 Å². The summed E-state index contributed by atoms with van der Waals surface area (Å²) in [6.07, 6.45) is 3.47. The van der Waals surface area contributed by atoms with E-state index in [-0.39, 0.29) is 24.1 Å². The molecule has 2 unspecified atom stereocenters. The van der Waals surface area contributed by atoms with Gasteiger partial charge >= 0.3 is 0 Å². The van der Waals surface area contributed by atoms with E-state index in [4.69, 9.17) is 4.74 Å². The highest BCUT2D eigenvalue weighted by molar-refractivity contribution is 5.78. The molecule has 0 spiro atoms. The van der Waals surface area contributed by atoms with Crippen molar-refractivity contribution in [1.29, 1.82) is 0 Å². The van der Waals surface area contributed by atoms with Crippen molar-refractivity contribution < 1.29 is 13.9 Å². The maximum atomic E-state index is 13.5. The van der Waals surface area contributed by atoms with Gasteiger partial charge in [0.25, 0.3) is 0 Å². The van der Waals surface area contributed by atoms with Crippen molar-refractivity contribution in [2.45, 2.75) is 38.6 Å². The van der Waals surface area contributed by atoms with Crippen molar-refractivity contribution in [3.05, 3.63) is 29.6 Å². The molecular formula is C15H20FNO2. The minimum absolute atomic E-state index is 0.0383. The second-order valence-electron chi connectivity index (χ2n) is 5.33. The number of hydrogen-bond acceptors (Lipinski definition) is 2. The Morgan fingerprint density at radius 3 is 2.84 bits per heavy atom. The fraction of sp³-hybridized carbons (Fsp3) is 0.533. The van der Waals surface area contributed by atoms with E-state index in [9.17, 15) is 9.18 Å². The number of ether oxygens (including phenoxy) is 1. The monoisotopic (exact) mass is 265 g/mol. The SMILES string of the molecule is COc1ccc(CC(=O)NC2CCC(C)C2)cc1F. The van der Waals surface area contributed by atoms with Crippen molar-refractivity contribution in [3.63, 3.8) is 0 Å². The molecular weight excluding hydrogens is 245 g/mol. The smallest absolute Gasteiger partial charge is 0.224 e. The van der Waals surface area contributed by atoms with Crippen molar-refractivity contribution in [2.24, 2.45) is 5.92 Å². The fourth-order valence-electron chi connectivity index (χ4n) is 2.62. The van der Waals surface area contributed by atoms with Crippen LogP contribution in [0.15, 0.2) is 18.2 Å². The lowest BCUT2D eigenvalue weighted by Gasteiger charge is -2.12. The summed E-state index contributed by atoms with van der Waals surface area (Å²) < 4.78 is 18.3. The molecule has 0 aliphatic heterocycles. The van der Waals surface area contributed by atoms with E-state index < -0.39 is 5.82 Å². The Morgan fingerprint density at radius 1 is 1.47 bits per heavy atom. The van der Waals surface area contributed by atoms with Gasteiger partial charge in [-0.1, -0.05) is 13.0 Å². The highest BCUT2D eigenvalue weighted by atomic mass is 19.1. The molecule has 1 aromatic carbocycles. The van der Waals surface area contributed by atoms with E-state index in [0.29, 0.717) is 11.5 Å². The van der Waals surface area contributed by atoms with E-state index in [2.05, 4.69) is 12.2 Å². The van der Waals surface area contributed by atoms with E-state index in [1.807, 2.05) is 0 Å². The van der Waals surface area contributed by atoms with E-state index in [1.54, 1.807) is 12.1 Å². The van der Waals surface area contributed by atoms with Crippen LogP contribution < -0.4 is 10.1 Å². The standard InChI is InChI=1S/C15H20FNO2/c1-10-3-5-12(7-10)17-15(18)9-11-4-6-14(19-2)13(16)8-11/h4,6,8,10,12H,3,5,7,9H2,1-2H3,(H,17,18). The van der Waals surface area contributed by atoms with Gasteiger partial charge in [0.05, 0.1) is 13.5 Å². The second-order valence-corrected chi connectivity index (χ2v) is 5.33. The molecule has 1 N–H and O–H groups in total. The number of nitrogens with one attached hydrogen (secondary N) is 1. The first-order valence-corrected chi connectivity index (χ1v) is 6.70. The third-order valence-electron chi connectivity index (χ3n) is 3.64. The molecule has 2 atom stereocenters. The van der Waals surface area contributed by atoms with Gasteiger partial charge in [-0.05, 0) is 42.9 Å². The highest BCUT2D eigenvalue weighted by Gasteiger charge is 2.22. The molecule has 0 saturated heterocycles. The Morgan fingerprint density at radius 2 is 2.26 bits per heavy atom. The van der Waals surface area contributed by atoms with Crippen molar-refractivity contribution in [1.82, 2.24) is 5.32 Å². The third-order valence-corrected chi connectivity index (χ3v) is 3.64. The van der Waals surface area contributed by atoms with Crippen LogP contribution in [0.5, 0.6) is 5.75 Å². The number of rotatable bonds is 4. The van der Waals surface area contributed by atoms with Gasteiger partial charge in [0.2, 0.25) is 5.91 Å². The lowest BCUT2D eigenvalue weighted by atomic mass is 10.1. The summed E-state index contributed by atoms with van der Waals surface area (Å²) in [6.45, 7) is 2.20. The molecule has 1 aliphatic rings. The Balaban J connectivity index is 1.90. The summed E-state index contributed by atoms with van der Waals surface area (Å²) >= 11 is 0. The maximum absolute atomic E-state index is 13.5. The van der Waals surface area contributed by atoms with Crippen molar-refractivity contribution in [3.8, 4) is 5.75 Å². The Kier molecular flexibility index (Phi) is 4.40. The minimum atomic E-state index is -0.428. The molecule has 0 radical (unpaired) electrons. The van der Waals surface area contributed by atoms with Crippen LogP contribution in [-0.4, -0.2) is 19.1 Å². The molecule has 2 rings (SSSR count). The van der Waals surface area contributed by atoms with Gasteiger partial charge in [-0.2, -0.15) is 0 Å². The van der Waals surface area contributed by atoms with Crippen molar-refractivity contribution in [2.75, 3.05) is 7.11 Å². The zero-order valence-electron chi connectivity index (χ0n) is 11.4. The maximum Gasteiger partial charge on any atom is 0.224 e. The largest absolute Gasteiger partial charge is 0.494 e. The number of carbonyl (C=O) groups is 1. The van der Waals surface area contributed by atoms with E-state index in [1.165, 1.54) is 19.6 Å². The molecule has 3 nitrogen and oxygen atoms in total. The molecule has 0 bridgehead atoms. The molecule has 104 valence electrons. The predicted molar refractivity (Wildman–Crippen MR) is 71.6 cm³/mol. The quantitative estimate of drug-likeness (QED) is 0.909. The van der Waals surface area contributed by atoms with Gasteiger partial charge in [0, 0.05) is 6.04 Å². The molecule has 4 heteroatoms. The molecule has 0 heterocycles. The number of hydrogen-bond donors (Lipinski definition) is 1. The summed E-state index contributed by atoms with van der Waals surface area (Å²) in [5, 5.41) is 3.01. The summed E-state index contributed by atoms with van der Waals surface area (Å²) in [4.78, 5) is 11.9. The van der Waals surface area contributed by atoms with Crippen LogP contribution in [0, 0.1) is 11.7 Å². The van der Waals surface area contributed by atoms with Gasteiger partial charge < -0.3 is 10.1 Å². The average Bonchev–Trinajstić information content (AvgIpc) is 2.74. The average molecular weight is 265 g/mol. The summed E-state index contributed by atoms with van der Waals surface area (Å²) in [5.41, 5.74) is 0.668. The minimum Gasteiger partial charge on any atom is -0.494 e. The third kappa shape index (κ3) is 3.69. The normalized spacial score (nSPS) is 22.3. The van der Waals surface area contributed by atoms with Crippen LogP contribution in [0.25, 0.3) is 0 Å². The van der Waals surface area contributed by atoms with Crippen LogP contribution in [0.1, 0.15) is 31.7 Å². The Hall–Kier alpha value is -1.58. The first-order valence-electron chi connectivity index (χ1n) is 6.70. The number of halogens is 1. The summed E-state index contributed by atoms with van der Waals surface area (Å²) in [5.74, 6) is 0.420. The molecule has 1 aliphatic carbocycles. The highest BCUT2D eigenvalue weighted by Crippen LogP contribution is 2.24.